The van der Waals surface area contributed by atoms with E-state index in [-0.39, 0.29) is 88.6 Å². The van der Waals surface area contributed by atoms with Crippen molar-refractivity contribution in [2.24, 2.45) is 0 Å². The molecule has 0 aromatic heterocycles. The van der Waals surface area contributed by atoms with Crippen molar-refractivity contribution < 1.29 is 16.4 Å². The van der Waals surface area contributed by atoms with Gasteiger partial charge in [-0.1, -0.05) is 0 Å². The van der Waals surface area contributed by atoms with E-state index in [1.807, 2.05) is 0 Å². The topological polar surface area (TPSA) is 85.5 Å². The van der Waals surface area contributed by atoms with Gasteiger partial charge in [-0.2, -0.15) is 0 Å². The first-order valence-corrected chi connectivity index (χ1v) is 0. The molecule has 7 heteroatoms. The van der Waals surface area contributed by atoms with Crippen LogP contribution in [-0.4, -0.2) is 52.4 Å². The fourth-order valence-electron chi connectivity index (χ4n) is 0. The molecule has 0 aromatic rings. The zero-order chi connectivity index (χ0) is 0. The Bertz CT molecular complexity index is 10.9. The standard InChI is InChI=1S/2Bi.3O.2P/q2*+3;3*-2;;. The first kappa shape index (κ1) is 110. The van der Waals surface area contributed by atoms with Crippen LogP contribution in [0.3, 0.4) is 0 Å². The Hall–Kier alpha value is 2.51. The molecule has 0 heterocycles. The summed E-state index contributed by atoms with van der Waals surface area (Å²) in [6.07, 6.45) is 0. The van der Waals surface area contributed by atoms with Gasteiger partial charge in [0.05, 0.1) is 0 Å². The monoisotopic (exact) mass is 528 g/mol. The molecule has 0 N–H and O–H groups in total. The fourth-order valence-corrected chi connectivity index (χ4v) is 0. The Morgan fingerprint density at radius 3 is 0.429 bits per heavy atom. The van der Waals surface area contributed by atoms with E-state index in [1.165, 1.54) is 0 Å². The van der Waals surface area contributed by atoms with E-state index in [1.54, 1.807) is 0 Å². The second-order valence-corrected chi connectivity index (χ2v) is 0. The van der Waals surface area contributed by atoms with Crippen molar-refractivity contribution in [1.82, 2.24) is 0 Å². The van der Waals surface area contributed by atoms with Crippen LogP contribution in [0.25, 0.3) is 0 Å². The Labute approximate surface area is 87.8 Å². The maximum atomic E-state index is 0. The van der Waals surface area contributed by atoms with Crippen molar-refractivity contribution in [2.45, 2.75) is 0 Å². The average Bonchev–Trinajstić information content (AvgIpc) is 0. The molecule has 10 radical (unpaired) electrons. The van der Waals surface area contributed by atoms with E-state index in [0.717, 1.165) is 0 Å². The van der Waals surface area contributed by atoms with Gasteiger partial charge in [-0.15, -0.1) is 0 Å². The van der Waals surface area contributed by atoms with Crippen LogP contribution in [-0.2, 0) is 16.4 Å². The molecule has 0 aromatic carbocycles. The molecule has 0 aliphatic carbocycles. The molecular weight excluding hydrogens is 528 g/mol. The molecule has 0 amide bonds. The zero-order valence-electron chi connectivity index (χ0n) is 3.01. The van der Waals surface area contributed by atoms with Crippen LogP contribution in [0.2, 0.25) is 0 Å². The molecule has 0 saturated heterocycles. The van der Waals surface area contributed by atoms with Gasteiger partial charge in [0, 0.05) is 19.8 Å². The summed E-state index contributed by atoms with van der Waals surface area (Å²) in [6.45, 7) is 0. The van der Waals surface area contributed by atoms with Gasteiger partial charge in [0.25, 0.3) is 0 Å². The fraction of sp³-hybridized carbons (Fsp3) is 0. The van der Waals surface area contributed by atoms with Gasteiger partial charge >= 0.3 is 52.4 Å². The van der Waals surface area contributed by atoms with E-state index in [2.05, 4.69) is 0 Å². The van der Waals surface area contributed by atoms with E-state index < -0.39 is 0 Å². The van der Waals surface area contributed by atoms with Crippen molar-refractivity contribution in [3.05, 3.63) is 0 Å². The average molecular weight is 528 g/mol. The second-order valence-electron chi connectivity index (χ2n) is 0. The molecule has 7 heavy (non-hydrogen) atoms. The van der Waals surface area contributed by atoms with Gasteiger partial charge in [-0.25, -0.2) is 0 Å². The minimum atomic E-state index is 0. The molecule has 0 atom stereocenters. The summed E-state index contributed by atoms with van der Waals surface area (Å²) >= 11 is 0. The van der Waals surface area contributed by atoms with Gasteiger partial charge in [-0.3, -0.25) is 0 Å². The quantitative estimate of drug-likeness (QED) is 0.327. The smallest absolute Gasteiger partial charge is 2.00 e. The zero-order valence-corrected chi connectivity index (χ0v) is 11.8. The third kappa shape index (κ3) is 57.3. The maximum absolute atomic E-state index is 0. The molecule has 0 aliphatic rings. The van der Waals surface area contributed by atoms with Crippen LogP contribution in [0.15, 0.2) is 0 Å². The van der Waals surface area contributed by atoms with Gasteiger partial charge in [0.1, 0.15) is 0 Å². The molecule has 0 fully saturated rings. The molecule has 38 valence electrons. The van der Waals surface area contributed by atoms with Gasteiger partial charge < -0.3 is 16.4 Å². The van der Waals surface area contributed by atoms with Crippen LogP contribution in [0.1, 0.15) is 0 Å². The first-order valence-electron chi connectivity index (χ1n) is 0. The number of rotatable bonds is 0. The summed E-state index contributed by atoms with van der Waals surface area (Å²) in [4.78, 5) is 0. The van der Waals surface area contributed by atoms with Crippen molar-refractivity contribution >= 4 is 72.2 Å². The number of hydrogen-bond acceptors (Lipinski definition) is 0. The Balaban J connectivity index is 0. The first-order chi connectivity index (χ1) is 0. The van der Waals surface area contributed by atoms with E-state index in [0.29, 0.717) is 0 Å². The predicted molar refractivity (Wildman–Crippen MR) is 27.4 cm³/mol. The third-order valence-corrected chi connectivity index (χ3v) is 0. The summed E-state index contributed by atoms with van der Waals surface area (Å²) in [7, 11) is 0. The summed E-state index contributed by atoms with van der Waals surface area (Å²) in [6, 6.07) is 0. The normalized spacial score (nSPS) is 0. The summed E-state index contributed by atoms with van der Waals surface area (Å²) in [5, 5.41) is 0. The van der Waals surface area contributed by atoms with Crippen LogP contribution in [0.5, 0.6) is 0 Å². The van der Waals surface area contributed by atoms with Crippen molar-refractivity contribution in [2.75, 3.05) is 0 Å². The molecular formula is Bi2O3P2. The summed E-state index contributed by atoms with van der Waals surface area (Å²) < 4.78 is 0. The van der Waals surface area contributed by atoms with E-state index in [4.69, 9.17) is 0 Å². The summed E-state index contributed by atoms with van der Waals surface area (Å²) in [5.74, 6) is 0. The Kier molecular flexibility index (Phi) is 1190. The number of hydrogen-bond donors (Lipinski definition) is 0. The molecule has 0 aliphatic heterocycles. The van der Waals surface area contributed by atoms with Gasteiger partial charge in [-0.05, 0) is 0 Å². The van der Waals surface area contributed by atoms with Crippen molar-refractivity contribution in [3.8, 4) is 0 Å². The van der Waals surface area contributed by atoms with Crippen LogP contribution in [0.4, 0.5) is 0 Å². The van der Waals surface area contributed by atoms with Gasteiger partial charge in [0.15, 0.2) is 0 Å². The van der Waals surface area contributed by atoms with E-state index >= 15 is 0 Å². The molecule has 0 bridgehead atoms. The van der Waals surface area contributed by atoms with Crippen molar-refractivity contribution in [3.63, 3.8) is 0 Å². The van der Waals surface area contributed by atoms with Gasteiger partial charge in [0.2, 0.25) is 0 Å². The molecule has 0 rings (SSSR count). The molecule has 0 spiro atoms. The maximum Gasteiger partial charge on any atom is 3.00 e. The van der Waals surface area contributed by atoms with Crippen LogP contribution in [0, 0.1) is 0 Å². The Morgan fingerprint density at radius 2 is 0.429 bits per heavy atom. The van der Waals surface area contributed by atoms with Crippen LogP contribution >= 0.6 is 19.8 Å². The van der Waals surface area contributed by atoms with E-state index in [9.17, 15) is 0 Å². The summed E-state index contributed by atoms with van der Waals surface area (Å²) in [5.41, 5.74) is 0. The van der Waals surface area contributed by atoms with Crippen molar-refractivity contribution in [1.29, 1.82) is 0 Å². The third-order valence-electron chi connectivity index (χ3n) is 0. The SMILES string of the molecule is [Bi+3].[Bi+3].[O-2].[O-2].[O-2].[P].[P]. The second kappa shape index (κ2) is 76.3. The minimum Gasteiger partial charge on any atom is -2.00 e. The van der Waals surface area contributed by atoms with Crippen LogP contribution < -0.4 is 0 Å². The minimum absolute atomic E-state index is 0. The Morgan fingerprint density at radius 1 is 0.429 bits per heavy atom. The largest absolute Gasteiger partial charge is 3.00 e. The molecule has 3 nitrogen and oxygen atoms in total. The molecule has 0 unspecified atom stereocenters. The predicted octanol–water partition coefficient (Wildman–Crippen LogP) is 0.604. The molecule has 0 saturated carbocycles.